The molecule has 2 N–H and O–H groups in total. The maximum absolute atomic E-state index is 5.36. The predicted octanol–water partition coefficient (Wildman–Crippen LogP) is 1.38. The smallest absolute Gasteiger partial charge is 0.0313 e. The molecule has 0 saturated heterocycles. The normalized spacial score (nSPS) is 8.57. The van der Waals surface area contributed by atoms with E-state index >= 15 is 0 Å². The Morgan fingerprint density at radius 2 is 1.71 bits per heavy atom. The Balaban J connectivity index is 0.000000490. The largest absolute Gasteiger partial charge is 0.399 e. The van der Waals surface area contributed by atoms with E-state index in [1.165, 1.54) is 0 Å². The highest BCUT2D eigenvalue weighted by Gasteiger charge is 1.72. The summed E-state index contributed by atoms with van der Waals surface area (Å²) < 4.78 is 0. The Morgan fingerprint density at radius 1 is 1.14 bits per heavy atom. The van der Waals surface area contributed by atoms with Crippen molar-refractivity contribution in [3.05, 3.63) is 30.3 Å². The first-order valence-electron chi connectivity index (χ1n) is 2.20. The average molecular weight is 95.1 g/mol. The van der Waals surface area contributed by atoms with Crippen LogP contribution in [0.25, 0.3) is 0 Å². The lowest BCUT2D eigenvalue weighted by Gasteiger charge is -1.83. The van der Waals surface area contributed by atoms with Gasteiger partial charge in [0, 0.05) is 7.11 Å². The standard InChI is InChI=1S/C6H7N.H/c7-6-4-2-1-3-5-6;/h1-5H,7H2;/i;1+1. The van der Waals surface area contributed by atoms with Crippen LogP contribution in [0.5, 0.6) is 0 Å². The summed E-state index contributed by atoms with van der Waals surface area (Å²) in [6.45, 7) is 0. The second kappa shape index (κ2) is 1.65. The van der Waals surface area contributed by atoms with Crippen molar-refractivity contribution in [2.75, 3.05) is 5.73 Å². The molecular formula is C6H8N. The van der Waals surface area contributed by atoms with Crippen molar-refractivity contribution in [1.29, 1.82) is 0 Å². The van der Waals surface area contributed by atoms with Gasteiger partial charge in [-0.15, -0.1) is 0 Å². The number of rotatable bonds is 0. The second-order valence-electron chi connectivity index (χ2n) is 1.41. The monoisotopic (exact) mass is 95.1 g/mol. The minimum Gasteiger partial charge on any atom is -0.399 e. The van der Waals surface area contributed by atoms with E-state index in [4.69, 9.17) is 5.73 Å². The number of nitrogens with two attached hydrogens (primary N) is 1. The molecule has 0 aliphatic heterocycles. The van der Waals surface area contributed by atoms with Gasteiger partial charge in [0.2, 0.25) is 0 Å². The van der Waals surface area contributed by atoms with Gasteiger partial charge in [0.15, 0.2) is 0 Å². The molecule has 0 aliphatic carbocycles. The van der Waals surface area contributed by atoms with E-state index < -0.39 is 0 Å². The fourth-order valence-corrected chi connectivity index (χ4v) is 0.453. The van der Waals surface area contributed by atoms with Crippen molar-refractivity contribution < 1.29 is 1.43 Å². The number of benzene rings is 1. The molecule has 0 amide bonds. The number of hydrogen-bond acceptors (Lipinski definition) is 1. The van der Waals surface area contributed by atoms with Crippen molar-refractivity contribution in [2.45, 2.75) is 0 Å². The maximum Gasteiger partial charge on any atom is 0.0313 e. The van der Waals surface area contributed by atoms with Gasteiger partial charge in [-0.2, -0.15) is 0 Å². The Bertz CT molecular complexity index is 138. The molecule has 0 bridgehead atoms. The minimum absolute atomic E-state index is 0. The first-order valence-corrected chi connectivity index (χ1v) is 2.20. The summed E-state index contributed by atoms with van der Waals surface area (Å²) in [6, 6.07) is 9.49. The quantitative estimate of drug-likeness (QED) is 0.484. The third kappa shape index (κ3) is 0.929. The molecule has 0 spiro atoms. The third-order valence-corrected chi connectivity index (χ3v) is 0.800. The summed E-state index contributed by atoms with van der Waals surface area (Å²) >= 11 is 0. The van der Waals surface area contributed by atoms with E-state index in [1.807, 2.05) is 30.3 Å². The van der Waals surface area contributed by atoms with E-state index in [9.17, 15) is 0 Å². The second-order valence-corrected chi connectivity index (χ2v) is 1.41. The SMILES string of the molecule is Nc1ccccc1.[2H]. The van der Waals surface area contributed by atoms with Crippen LogP contribution in [0.15, 0.2) is 30.3 Å². The Morgan fingerprint density at radius 3 is 2.00 bits per heavy atom. The molecule has 1 nitrogen and oxygen atoms in total. The topological polar surface area (TPSA) is 26.0 Å². The summed E-state index contributed by atoms with van der Waals surface area (Å²) in [5, 5.41) is 0. The molecule has 0 saturated carbocycles. The van der Waals surface area contributed by atoms with Crippen LogP contribution in [0.4, 0.5) is 5.69 Å². The lowest BCUT2D eigenvalue weighted by molar-refractivity contribution is 1.69. The number of para-hydroxylation sites is 1. The molecule has 0 aromatic heterocycles. The average Bonchev–Trinajstić information content (AvgIpc) is 1.69. The third-order valence-electron chi connectivity index (χ3n) is 0.800. The molecule has 0 fully saturated rings. The Kier molecular flexibility index (Phi) is 0.984. The van der Waals surface area contributed by atoms with Gasteiger partial charge in [-0.25, -0.2) is 0 Å². The van der Waals surface area contributed by atoms with Crippen LogP contribution in [-0.4, -0.2) is 0 Å². The van der Waals surface area contributed by atoms with Crippen LogP contribution in [-0.2, 0) is 0 Å². The van der Waals surface area contributed by atoms with E-state index in [2.05, 4.69) is 0 Å². The first-order chi connectivity index (χ1) is 3.39. The van der Waals surface area contributed by atoms with Gasteiger partial charge in [0.25, 0.3) is 0 Å². The lowest BCUT2D eigenvalue weighted by atomic mass is 10.3. The van der Waals surface area contributed by atoms with E-state index in [0.29, 0.717) is 0 Å². The van der Waals surface area contributed by atoms with Crippen molar-refractivity contribution >= 4 is 5.69 Å². The summed E-state index contributed by atoms with van der Waals surface area (Å²) in [5.41, 5.74) is 6.18. The number of anilines is 1. The molecule has 0 heterocycles. The van der Waals surface area contributed by atoms with E-state index in [1.54, 1.807) is 0 Å². The molecule has 0 aliphatic rings. The van der Waals surface area contributed by atoms with E-state index in [-0.39, 0.29) is 1.43 Å². The molecule has 37 valence electrons. The van der Waals surface area contributed by atoms with Gasteiger partial charge in [-0.3, -0.25) is 0 Å². The summed E-state index contributed by atoms with van der Waals surface area (Å²) in [7, 11) is 0. The van der Waals surface area contributed by atoms with Gasteiger partial charge in [0.1, 0.15) is 0 Å². The highest BCUT2D eigenvalue weighted by molar-refractivity contribution is 5.35. The molecule has 1 aromatic rings. The summed E-state index contributed by atoms with van der Waals surface area (Å²) in [5.74, 6) is 0. The van der Waals surface area contributed by atoms with Crippen molar-refractivity contribution in [1.82, 2.24) is 0 Å². The van der Waals surface area contributed by atoms with Gasteiger partial charge in [-0.05, 0) is 12.1 Å². The molecule has 1 aromatic carbocycles. The van der Waals surface area contributed by atoms with Gasteiger partial charge in [-0.1, -0.05) is 18.2 Å². The molecule has 1 heteroatoms. The maximum atomic E-state index is 5.36. The first kappa shape index (κ1) is 4.19. The molecule has 1 radical (unpaired) electrons. The van der Waals surface area contributed by atoms with Crippen LogP contribution in [0, 0.1) is 0 Å². The zero-order valence-electron chi connectivity index (χ0n) is 4.96. The van der Waals surface area contributed by atoms with Crippen molar-refractivity contribution in [3.8, 4) is 0 Å². The van der Waals surface area contributed by atoms with E-state index in [0.717, 1.165) is 5.69 Å². The van der Waals surface area contributed by atoms with Crippen LogP contribution in [0.2, 0.25) is 0 Å². The Labute approximate surface area is 44.3 Å². The zero-order valence-corrected chi connectivity index (χ0v) is 3.96. The minimum atomic E-state index is 0. The molecular weight excluding hydrogens is 86.1 g/mol. The van der Waals surface area contributed by atoms with Crippen LogP contribution < -0.4 is 5.73 Å². The van der Waals surface area contributed by atoms with Gasteiger partial charge < -0.3 is 5.73 Å². The molecule has 7 heavy (non-hydrogen) atoms. The zero-order chi connectivity index (χ0) is 5.11. The summed E-state index contributed by atoms with van der Waals surface area (Å²) in [6.07, 6.45) is 0. The summed E-state index contributed by atoms with van der Waals surface area (Å²) in [4.78, 5) is 0. The van der Waals surface area contributed by atoms with Crippen molar-refractivity contribution in [2.24, 2.45) is 0 Å². The molecule has 0 unspecified atom stereocenters. The van der Waals surface area contributed by atoms with Crippen molar-refractivity contribution in [3.63, 3.8) is 0 Å². The fraction of sp³-hybridized carbons (Fsp3) is 0. The van der Waals surface area contributed by atoms with Crippen LogP contribution >= 0.6 is 0 Å². The van der Waals surface area contributed by atoms with Gasteiger partial charge in [0.05, 0.1) is 0 Å². The van der Waals surface area contributed by atoms with Gasteiger partial charge >= 0.3 is 0 Å². The molecule has 0 atom stereocenters. The highest BCUT2D eigenvalue weighted by atomic mass is 14.5. The van der Waals surface area contributed by atoms with Crippen LogP contribution in [0.3, 0.4) is 0 Å². The molecule has 1 rings (SSSR count). The lowest BCUT2D eigenvalue weighted by Crippen LogP contribution is -1.79. The fourth-order valence-electron chi connectivity index (χ4n) is 0.453. The number of nitrogen functional groups attached to an aromatic ring is 1. The highest BCUT2D eigenvalue weighted by Crippen LogP contribution is 1.95. The Hall–Kier alpha value is -0.980. The number of hydrogen-bond donors (Lipinski definition) is 1. The van der Waals surface area contributed by atoms with Crippen LogP contribution in [0.1, 0.15) is 1.43 Å². The predicted molar refractivity (Wildman–Crippen MR) is 32.0 cm³/mol.